The van der Waals surface area contributed by atoms with Crippen molar-refractivity contribution >= 4 is 12.1 Å². The highest BCUT2D eigenvalue weighted by Crippen LogP contribution is 2.38. The van der Waals surface area contributed by atoms with Gasteiger partial charge in [0.15, 0.2) is 0 Å². The molecule has 0 unspecified atom stereocenters. The van der Waals surface area contributed by atoms with E-state index in [1.807, 2.05) is 0 Å². The highest BCUT2D eigenvalue weighted by atomic mass is 16.7. The van der Waals surface area contributed by atoms with Crippen molar-refractivity contribution in [1.82, 2.24) is 5.48 Å². The molecule has 0 heterocycles. The van der Waals surface area contributed by atoms with Crippen LogP contribution in [0.5, 0.6) is 0 Å². The van der Waals surface area contributed by atoms with E-state index in [2.05, 4.69) is 5.48 Å². The number of carbonyl (C=O) groups is 2. The molecule has 0 spiro atoms. The summed E-state index contributed by atoms with van der Waals surface area (Å²) < 4.78 is 4.97. The minimum absolute atomic E-state index is 0.0262. The number of carboxylic acid groups (broad SMARTS) is 1. The van der Waals surface area contributed by atoms with E-state index in [1.165, 1.54) is 0 Å². The predicted octanol–water partition coefficient (Wildman–Crippen LogP) is 2.09. The Hall–Kier alpha value is -1.30. The summed E-state index contributed by atoms with van der Waals surface area (Å²) in [5.41, 5.74) is 0.649. The molecule has 0 aromatic heterocycles. The van der Waals surface area contributed by atoms with E-state index in [4.69, 9.17) is 9.57 Å². The molecule has 1 amide bonds. The Balaban J connectivity index is 2.36. The fourth-order valence-electron chi connectivity index (χ4n) is 2.00. The summed E-state index contributed by atoms with van der Waals surface area (Å²) in [4.78, 5) is 27.5. The summed E-state index contributed by atoms with van der Waals surface area (Å²) >= 11 is 0. The standard InChI is InChI=1S/C12H21NO5/c1-11(2,3)18-10(16)13-17-8-12(9(14)15)6-4-5-7-12/h4-8H2,1-3H3,(H,13,16)(H,14,15). The molecule has 0 aliphatic heterocycles. The van der Waals surface area contributed by atoms with Crippen molar-refractivity contribution in [3.63, 3.8) is 0 Å². The van der Waals surface area contributed by atoms with Crippen LogP contribution in [-0.4, -0.2) is 29.4 Å². The highest BCUT2D eigenvalue weighted by Gasteiger charge is 2.42. The molecule has 6 nitrogen and oxygen atoms in total. The summed E-state index contributed by atoms with van der Waals surface area (Å²) in [6.45, 7) is 5.19. The number of ether oxygens (including phenoxy) is 1. The van der Waals surface area contributed by atoms with Gasteiger partial charge in [-0.15, -0.1) is 0 Å². The number of hydrogen-bond donors (Lipinski definition) is 2. The lowest BCUT2D eigenvalue weighted by atomic mass is 9.88. The maximum Gasteiger partial charge on any atom is 0.431 e. The topological polar surface area (TPSA) is 84.9 Å². The fraction of sp³-hybridized carbons (Fsp3) is 0.833. The maximum absolute atomic E-state index is 11.3. The van der Waals surface area contributed by atoms with Crippen LogP contribution >= 0.6 is 0 Å². The second-order valence-corrected chi connectivity index (χ2v) is 5.69. The third-order valence-corrected chi connectivity index (χ3v) is 2.92. The zero-order chi connectivity index (χ0) is 13.8. The second-order valence-electron chi connectivity index (χ2n) is 5.69. The number of hydrogen-bond acceptors (Lipinski definition) is 4. The van der Waals surface area contributed by atoms with Crippen LogP contribution in [0.1, 0.15) is 46.5 Å². The molecule has 1 saturated carbocycles. The van der Waals surface area contributed by atoms with Crippen LogP contribution in [0.2, 0.25) is 0 Å². The first kappa shape index (κ1) is 14.8. The molecule has 2 N–H and O–H groups in total. The van der Waals surface area contributed by atoms with Gasteiger partial charge in [0.25, 0.3) is 0 Å². The molecule has 6 heteroatoms. The average molecular weight is 259 g/mol. The Bertz CT molecular complexity index is 315. The van der Waals surface area contributed by atoms with Crippen LogP contribution in [0.4, 0.5) is 4.79 Å². The number of rotatable bonds is 4. The molecule has 0 saturated heterocycles. The van der Waals surface area contributed by atoms with Gasteiger partial charge in [0.1, 0.15) is 5.60 Å². The molecular formula is C12H21NO5. The van der Waals surface area contributed by atoms with Crippen LogP contribution in [0.25, 0.3) is 0 Å². The van der Waals surface area contributed by atoms with E-state index in [1.54, 1.807) is 20.8 Å². The van der Waals surface area contributed by atoms with E-state index in [0.717, 1.165) is 12.8 Å². The Morgan fingerprint density at radius 1 is 1.28 bits per heavy atom. The van der Waals surface area contributed by atoms with Crippen LogP contribution in [0.15, 0.2) is 0 Å². The predicted molar refractivity (Wildman–Crippen MR) is 63.9 cm³/mol. The molecule has 104 valence electrons. The van der Waals surface area contributed by atoms with Gasteiger partial charge in [-0.05, 0) is 33.6 Å². The molecule has 18 heavy (non-hydrogen) atoms. The SMILES string of the molecule is CC(C)(C)OC(=O)NOCC1(C(=O)O)CCCC1. The molecule has 0 aromatic carbocycles. The van der Waals surface area contributed by atoms with Gasteiger partial charge in [0.2, 0.25) is 0 Å². The summed E-state index contributed by atoms with van der Waals surface area (Å²) in [6.07, 6.45) is 2.21. The summed E-state index contributed by atoms with van der Waals surface area (Å²) in [6, 6.07) is 0. The molecule has 0 atom stereocenters. The van der Waals surface area contributed by atoms with Crippen molar-refractivity contribution in [1.29, 1.82) is 0 Å². The van der Waals surface area contributed by atoms with E-state index < -0.39 is 23.1 Å². The lowest BCUT2D eigenvalue weighted by Crippen LogP contribution is -2.38. The summed E-state index contributed by atoms with van der Waals surface area (Å²) in [5, 5.41) is 9.19. The van der Waals surface area contributed by atoms with E-state index >= 15 is 0 Å². The third kappa shape index (κ3) is 4.18. The highest BCUT2D eigenvalue weighted by molar-refractivity contribution is 5.75. The number of carboxylic acids is 1. The van der Waals surface area contributed by atoms with E-state index in [9.17, 15) is 14.7 Å². The first-order chi connectivity index (χ1) is 8.25. The molecule has 1 aliphatic carbocycles. The quantitative estimate of drug-likeness (QED) is 0.755. The largest absolute Gasteiger partial charge is 0.481 e. The van der Waals surface area contributed by atoms with Crippen molar-refractivity contribution in [3.8, 4) is 0 Å². The fourth-order valence-corrected chi connectivity index (χ4v) is 2.00. The van der Waals surface area contributed by atoms with E-state index in [0.29, 0.717) is 12.8 Å². The number of hydroxylamine groups is 1. The lowest BCUT2D eigenvalue weighted by Gasteiger charge is -2.24. The van der Waals surface area contributed by atoms with Gasteiger partial charge in [-0.3, -0.25) is 9.63 Å². The second kappa shape index (κ2) is 5.56. The van der Waals surface area contributed by atoms with Crippen molar-refractivity contribution < 1.29 is 24.3 Å². The van der Waals surface area contributed by atoms with Crippen molar-refractivity contribution in [3.05, 3.63) is 0 Å². The van der Waals surface area contributed by atoms with E-state index in [-0.39, 0.29) is 6.61 Å². The molecule has 0 bridgehead atoms. The average Bonchev–Trinajstić information content (AvgIpc) is 2.64. The van der Waals surface area contributed by atoms with Gasteiger partial charge in [-0.25, -0.2) is 4.79 Å². The number of nitrogens with one attached hydrogen (secondary N) is 1. The zero-order valence-electron chi connectivity index (χ0n) is 11.1. The minimum atomic E-state index is -0.869. The van der Waals surface area contributed by atoms with Crippen LogP contribution in [0, 0.1) is 5.41 Å². The Kier molecular flexibility index (Phi) is 4.56. The van der Waals surface area contributed by atoms with Gasteiger partial charge >= 0.3 is 12.1 Å². The van der Waals surface area contributed by atoms with Gasteiger partial charge in [-0.1, -0.05) is 12.8 Å². The lowest BCUT2D eigenvalue weighted by molar-refractivity contribution is -0.154. The maximum atomic E-state index is 11.3. The number of amides is 1. The van der Waals surface area contributed by atoms with Crippen LogP contribution in [0.3, 0.4) is 0 Å². The first-order valence-corrected chi connectivity index (χ1v) is 6.09. The van der Waals surface area contributed by atoms with Crippen molar-refractivity contribution in [2.45, 2.75) is 52.1 Å². The Labute approximate surface area is 107 Å². The van der Waals surface area contributed by atoms with Gasteiger partial charge in [0, 0.05) is 0 Å². The Morgan fingerprint density at radius 3 is 2.28 bits per heavy atom. The van der Waals surface area contributed by atoms with Gasteiger partial charge in [0.05, 0.1) is 12.0 Å². The number of aliphatic carboxylic acids is 1. The molecule has 0 aromatic rings. The molecular weight excluding hydrogens is 238 g/mol. The van der Waals surface area contributed by atoms with Crippen molar-refractivity contribution in [2.75, 3.05) is 6.61 Å². The summed E-state index contributed by atoms with van der Waals surface area (Å²) in [7, 11) is 0. The van der Waals surface area contributed by atoms with Crippen molar-refractivity contribution in [2.24, 2.45) is 5.41 Å². The summed E-state index contributed by atoms with van der Waals surface area (Å²) in [5.74, 6) is -0.869. The normalized spacial score (nSPS) is 18.4. The third-order valence-electron chi connectivity index (χ3n) is 2.92. The molecule has 1 rings (SSSR count). The zero-order valence-corrected chi connectivity index (χ0v) is 11.1. The van der Waals surface area contributed by atoms with Gasteiger partial charge in [-0.2, -0.15) is 5.48 Å². The van der Waals surface area contributed by atoms with Crippen LogP contribution < -0.4 is 5.48 Å². The Morgan fingerprint density at radius 2 is 1.83 bits per heavy atom. The molecule has 1 fully saturated rings. The number of carbonyl (C=O) groups excluding carboxylic acids is 1. The minimum Gasteiger partial charge on any atom is -0.481 e. The van der Waals surface area contributed by atoms with Crippen LogP contribution in [-0.2, 0) is 14.4 Å². The molecule has 0 radical (unpaired) electrons. The molecule has 1 aliphatic rings. The van der Waals surface area contributed by atoms with Gasteiger partial charge < -0.3 is 9.84 Å². The first-order valence-electron chi connectivity index (χ1n) is 6.09. The smallest absolute Gasteiger partial charge is 0.431 e. The monoisotopic (exact) mass is 259 g/mol.